The molecule has 1 heterocycles. The van der Waals surface area contributed by atoms with Gasteiger partial charge < -0.3 is 9.73 Å². The summed E-state index contributed by atoms with van der Waals surface area (Å²) in [5.41, 5.74) is 3.52. The quantitative estimate of drug-likeness (QED) is 0.760. The molecule has 1 aromatic heterocycles. The maximum Gasteiger partial charge on any atom is 0.251 e. The lowest BCUT2D eigenvalue weighted by Crippen LogP contribution is -2.32. The van der Waals surface area contributed by atoms with E-state index in [0.717, 1.165) is 24.0 Å². The van der Waals surface area contributed by atoms with Crippen molar-refractivity contribution in [3.8, 4) is 22.9 Å². The van der Waals surface area contributed by atoms with Crippen LogP contribution in [-0.4, -0.2) is 22.1 Å². The van der Waals surface area contributed by atoms with Crippen LogP contribution in [0.15, 0.2) is 52.9 Å². The first-order valence-electron chi connectivity index (χ1n) is 9.01. The molecule has 1 aliphatic carbocycles. The van der Waals surface area contributed by atoms with Gasteiger partial charge in [-0.15, -0.1) is 10.2 Å². The molecule has 26 heavy (non-hydrogen) atoms. The Balaban J connectivity index is 1.48. The number of aryl methyl sites for hydroxylation is 1. The summed E-state index contributed by atoms with van der Waals surface area (Å²) >= 11 is 0. The van der Waals surface area contributed by atoms with E-state index in [1.165, 1.54) is 18.4 Å². The minimum atomic E-state index is -0.0191. The van der Waals surface area contributed by atoms with Gasteiger partial charge in [0.15, 0.2) is 0 Å². The molecular formula is C21H21N3O2. The number of aromatic nitrogens is 2. The number of carbonyl (C=O) groups is 1. The SMILES string of the molecule is Cc1ccc(-c2nnc(-c3ccc(C(=O)NC4CCCC4)cc3)o2)cc1. The molecule has 5 heteroatoms. The first-order valence-corrected chi connectivity index (χ1v) is 9.01. The van der Waals surface area contributed by atoms with Gasteiger partial charge in [-0.1, -0.05) is 30.5 Å². The van der Waals surface area contributed by atoms with Crippen LogP contribution in [0.2, 0.25) is 0 Å². The molecule has 4 rings (SSSR count). The van der Waals surface area contributed by atoms with Gasteiger partial charge in [-0.2, -0.15) is 0 Å². The van der Waals surface area contributed by atoms with Gasteiger partial charge in [0.2, 0.25) is 11.8 Å². The monoisotopic (exact) mass is 347 g/mol. The number of nitrogens with one attached hydrogen (secondary N) is 1. The third-order valence-electron chi connectivity index (χ3n) is 4.81. The van der Waals surface area contributed by atoms with Gasteiger partial charge in [0.1, 0.15) is 0 Å². The van der Waals surface area contributed by atoms with Crippen LogP contribution in [0.3, 0.4) is 0 Å². The summed E-state index contributed by atoms with van der Waals surface area (Å²) in [5, 5.41) is 11.3. The average Bonchev–Trinajstić information content (AvgIpc) is 3.34. The molecule has 0 unspecified atom stereocenters. The Hall–Kier alpha value is -2.95. The zero-order valence-corrected chi connectivity index (χ0v) is 14.7. The van der Waals surface area contributed by atoms with Crippen molar-refractivity contribution in [1.82, 2.24) is 15.5 Å². The molecule has 0 spiro atoms. The smallest absolute Gasteiger partial charge is 0.251 e. The number of hydrogen-bond donors (Lipinski definition) is 1. The highest BCUT2D eigenvalue weighted by Gasteiger charge is 2.18. The van der Waals surface area contributed by atoms with Gasteiger partial charge in [-0.3, -0.25) is 4.79 Å². The molecule has 1 N–H and O–H groups in total. The fraction of sp³-hybridized carbons (Fsp3) is 0.286. The van der Waals surface area contributed by atoms with Crippen molar-refractivity contribution in [3.05, 3.63) is 59.7 Å². The molecule has 2 aromatic carbocycles. The standard InChI is InChI=1S/C21H21N3O2/c1-14-6-8-16(9-7-14)20-23-24-21(26-20)17-12-10-15(11-13-17)19(25)22-18-4-2-3-5-18/h6-13,18H,2-5H2,1H3,(H,22,25). The van der Waals surface area contributed by atoms with Crippen molar-refractivity contribution >= 4 is 5.91 Å². The Morgan fingerprint density at radius 3 is 2.04 bits per heavy atom. The molecule has 0 bridgehead atoms. The summed E-state index contributed by atoms with van der Waals surface area (Å²) in [6.07, 6.45) is 4.55. The lowest BCUT2D eigenvalue weighted by molar-refractivity contribution is 0.0938. The van der Waals surface area contributed by atoms with Gasteiger partial charge in [0.25, 0.3) is 5.91 Å². The van der Waals surface area contributed by atoms with E-state index in [2.05, 4.69) is 15.5 Å². The number of carbonyl (C=O) groups excluding carboxylic acids is 1. The van der Waals surface area contributed by atoms with Crippen molar-refractivity contribution in [1.29, 1.82) is 0 Å². The van der Waals surface area contributed by atoms with E-state index in [-0.39, 0.29) is 5.91 Å². The zero-order chi connectivity index (χ0) is 17.9. The summed E-state index contributed by atoms with van der Waals surface area (Å²) in [5.74, 6) is 0.917. The highest BCUT2D eigenvalue weighted by Crippen LogP contribution is 2.24. The van der Waals surface area contributed by atoms with Crippen molar-refractivity contribution in [2.45, 2.75) is 38.6 Å². The predicted octanol–water partition coefficient (Wildman–Crippen LogP) is 4.38. The van der Waals surface area contributed by atoms with E-state index in [0.29, 0.717) is 23.4 Å². The van der Waals surface area contributed by atoms with Crippen molar-refractivity contribution in [3.63, 3.8) is 0 Å². The molecule has 1 aliphatic rings. The molecule has 5 nitrogen and oxygen atoms in total. The molecule has 0 saturated heterocycles. The first-order chi connectivity index (χ1) is 12.7. The largest absolute Gasteiger partial charge is 0.416 e. The second-order valence-electron chi connectivity index (χ2n) is 6.81. The van der Waals surface area contributed by atoms with Gasteiger partial charge in [0.05, 0.1) is 0 Å². The molecule has 1 fully saturated rings. The topological polar surface area (TPSA) is 68.0 Å². The van der Waals surface area contributed by atoms with Crippen LogP contribution >= 0.6 is 0 Å². The van der Waals surface area contributed by atoms with E-state index in [1.54, 1.807) is 12.1 Å². The fourth-order valence-corrected chi connectivity index (χ4v) is 3.26. The van der Waals surface area contributed by atoms with E-state index in [1.807, 2.05) is 43.3 Å². The van der Waals surface area contributed by atoms with E-state index in [4.69, 9.17) is 4.42 Å². The van der Waals surface area contributed by atoms with E-state index in [9.17, 15) is 4.79 Å². The van der Waals surface area contributed by atoms with Crippen LogP contribution in [0.1, 0.15) is 41.6 Å². The number of benzene rings is 2. The molecule has 0 aliphatic heterocycles. The fourth-order valence-electron chi connectivity index (χ4n) is 3.26. The third-order valence-corrected chi connectivity index (χ3v) is 4.81. The summed E-state index contributed by atoms with van der Waals surface area (Å²) in [6.45, 7) is 2.04. The Morgan fingerprint density at radius 1 is 0.923 bits per heavy atom. The van der Waals surface area contributed by atoms with Crippen LogP contribution in [-0.2, 0) is 0 Å². The molecule has 0 atom stereocenters. The highest BCUT2D eigenvalue weighted by molar-refractivity contribution is 5.94. The Labute approximate surface area is 152 Å². The summed E-state index contributed by atoms with van der Waals surface area (Å²) < 4.78 is 5.78. The summed E-state index contributed by atoms with van der Waals surface area (Å²) in [6, 6.07) is 15.5. The Morgan fingerprint density at radius 2 is 1.46 bits per heavy atom. The Kier molecular flexibility index (Phi) is 4.52. The second kappa shape index (κ2) is 7.12. The number of hydrogen-bond acceptors (Lipinski definition) is 4. The zero-order valence-electron chi connectivity index (χ0n) is 14.7. The molecular weight excluding hydrogens is 326 g/mol. The first kappa shape index (κ1) is 16.5. The Bertz CT molecular complexity index is 892. The van der Waals surface area contributed by atoms with Crippen LogP contribution in [0.25, 0.3) is 22.9 Å². The minimum Gasteiger partial charge on any atom is -0.416 e. The highest BCUT2D eigenvalue weighted by atomic mass is 16.4. The second-order valence-corrected chi connectivity index (χ2v) is 6.81. The number of amides is 1. The number of nitrogens with zero attached hydrogens (tertiary/aromatic N) is 2. The van der Waals surface area contributed by atoms with Crippen molar-refractivity contribution in [2.24, 2.45) is 0 Å². The lowest BCUT2D eigenvalue weighted by atomic mass is 10.1. The summed E-state index contributed by atoms with van der Waals surface area (Å²) in [7, 11) is 0. The van der Waals surface area contributed by atoms with Crippen molar-refractivity contribution in [2.75, 3.05) is 0 Å². The van der Waals surface area contributed by atoms with Crippen LogP contribution in [0, 0.1) is 6.92 Å². The van der Waals surface area contributed by atoms with Gasteiger partial charge >= 0.3 is 0 Å². The molecule has 3 aromatic rings. The maximum atomic E-state index is 12.3. The predicted molar refractivity (Wildman–Crippen MR) is 99.6 cm³/mol. The summed E-state index contributed by atoms with van der Waals surface area (Å²) in [4.78, 5) is 12.3. The van der Waals surface area contributed by atoms with Gasteiger partial charge in [-0.05, 0) is 56.2 Å². The number of rotatable bonds is 4. The van der Waals surface area contributed by atoms with E-state index < -0.39 is 0 Å². The molecule has 1 amide bonds. The third kappa shape index (κ3) is 3.52. The normalized spacial score (nSPS) is 14.5. The average molecular weight is 347 g/mol. The van der Waals surface area contributed by atoms with Crippen LogP contribution in [0.5, 0.6) is 0 Å². The lowest BCUT2D eigenvalue weighted by Gasteiger charge is -2.11. The molecule has 0 radical (unpaired) electrons. The molecule has 1 saturated carbocycles. The van der Waals surface area contributed by atoms with E-state index >= 15 is 0 Å². The van der Waals surface area contributed by atoms with Gasteiger partial charge in [0, 0.05) is 22.7 Å². The molecule has 132 valence electrons. The van der Waals surface area contributed by atoms with Crippen molar-refractivity contribution < 1.29 is 9.21 Å². The van der Waals surface area contributed by atoms with Crippen LogP contribution < -0.4 is 5.32 Å². The van der Waals surface area contributed by atoms with Gasteiger partial charge in [-0.25, -0.2) is 0 Å². The minimum absolute atomic E-state index is 0.0191. The van der Waals surface area contributed by atoms with Crippen LogP contribution in [0.4, 0.5) is 0 Å². The maximum absolute atomic E-state index is 12.3.